The van der Waals surface area contributed by atoms with E-state index in [1.807, 2.05) is 25.1 Å². The van der Waals surface area contributed by atoms with E-state index in [1.165, 1.54) is 6.20 Å². The molecule has 4 rings (SSSR count). The van der Waals surface area contributed by atoms with Crippen LogP contribution in [0.15, 0.2) is 54.7 Å². The van der Waals surface area contributed by atoms with E-state index in [0.29, 0.717) is 33.5 Å². The van der Waals surface area contributed by atoms with E-state index in [9.17, 15) is 4.79 Å². The number of anilines is 2. The number of amides is 1. The maximum Gasteiger partial charge on any atom is 0.255 e. The summed E-state index contributed by atoms with van der Waals surface area (Å²) in [6, 6.07) is 14.0. The van der Waals surface area contributed by atoms with Gasteiger partial charge in [-0.2, -0.15) is 0 Å². The van der Waals surface area contributed by atoms with Crippen LogP contribution < -0.4 is 25.3 Å². The molecule has 3 aromatic rings. The number of benzene rings is 2. The molecule has 0 radical (unpaired) electrons. The van der Waals surface area contributed by atoms with Crippen molar-refractivity contribution in [3.05, 3.63) is 70.9 Å². The van der Waals surface area contributed by atoms with Crippen LogP contribution in [0.25, 0.3) is 0 Å². The fraction of sp³-hybridized carbons (Fsp3) is 0.143. The average Bonchev–Trinajstić information content (AvgIpc) is 3.18. The number of nitrogens with one attached hydrogen (secondary N) is 1. The minimum Gasteiger partial charge on any atom is -0.482 e. The van der Waals surface area contributed by atoms with E-state index in [-0.39, 0.29) is 24.6 Å². The van der Waals surface area contributed by atoms with Gasteiger partial charge in [0.05, 0.1) is 5.02 Å². The lowest BCUT2D eigenvalue weighted by Gasteiger charge is -2.17. The van der Waals surface area contributed by atoms with Crippen LogP contribution in [0.5, 0.6) is 17.2 Å². The van der Waals surface area contributed by atoms with E-state index >= 15 is 0 Å². The number of rotatable bonds is 5. The van der Waals surface area contributed by atoms with Crippen molar-refractivity contribution in [3.63, 3.8) is 0 Å². The van der Waals surface area contributed by atoms with Gasteiger partial charge in [-0.1, -0.05) is 23.7 Å². The van der Waals surface area contributed by atoms with Crippen molar-refractivity contribution >= 4 is 29.0 Å². The molecule has 8 heteroatoms. The Morgan fingerprint density at radius 2 is 2.03 bits per heavy atom. The number of fused-ring (bicyclic) bond motifs is 1. The fourth-order valence-electron chi connectivity index (χ4n) is 2.89. The molecule has 0 spiro atoms. The Bertz CT molecular complexity index is 1070. The van der Waals surface area contributed by atoms with Crippen molar-refractivity contribution in [2.75, 3.05) is 17.8 Å². The Labute approximate surface area is 172 Å². The van der Waals surface area contributed by atoms with Crippen LogP contribution in [-0.4, -0.2) is 17.7 Å². The first-order chi connectivity index (χ1) is 14.0. The van der Waals surface area contributed by atoms with Crippen molar-refractivity contribution in [2.24, 2.45) is 0 Å². The van der Waals surface area contributed by atoms with Gasteiger partial charge in [-0.15, -0.1) is 0 Å². The summed E-state index contributed by atoms with van der Waals surface area (Å²) in [4.78, 5) is 16.6. The van der Waals surface area contributed by atoms with Gasteiger partial charge < -0.3 is 25.3 Å². The minimum absolute atomic E-state index is 0.160. The van der Waals surface area contributed by atoms with Crippen molar-refractivity contribution in [2.45, 2.75) is 13.0 Å². The van der Waals surface area contributed by atoms with Gasteiger partial charge in [0.15, 0.2) is 23.1 Å². The number of nitrogens with zero attached hydrogens (tertiary/aromatic N) is 1. The molecule has 0 saturated carbocycles. The van der Waals surface area contributed by atoms with E-state index in [1.54, 1.807) is 30.3 Å². The first kappa shape index (κ1) is 18.9. The van der Waals surface area contributed by atoms with Crippen LogP contribution in [0.4, 0.5) is 11.5 Å². The number of aromatic nitrogens is 1. The van der Waals surface area contributed by atoms with E-state index in [4.69, 9.17) is 31.5 Å². The predicted molar refractivity (Wildman–Crippen MR) is 110 cm³/mol. The van der Waals surface area contributed by atoms with Crippen LogP contribution in [0, 0.1) is 0 Å². The first-order valence-corrected chi connectivity index (χ1v) is 9.26. The second kappa shape index (κ2) is 7.89. The lowest BCUT2D eigenvalue weighted by molar-refractivity contribution is 0.102. The van der Waals surface area contributed by atoms with Gasteiger partial charge in [-0.3, -0.25) is 4.79 Å². The molecular formula is C21H18ClN3O4. The number of pyridine rings is 1. The lowest BCUT2D eigenvalue weighted by Crippen LogP contribution is -2.12. The summed E-state index contributed by atoms with van der Waals surface area (Å²) in [5.74, 6) is 1.59. The Morgan fingerprint density at radius 3 is 2.90 bits per heavy atom. The summed E-state index contributed by atoms with van der Waals surface area (Å²) in [5, 5.41) is 3.32. The van der Waals surface area contributed by atoms with Gasteiger partial charge in [0.2, 0.25) is 6.79 Å². The standard InChI is InChI=1S/C21H18ClN3O4/c1-12(29-19-9-15(22)10-24-20(19)23)13-3-2-4-16(7-13)25-21(26)14-5-6-17-18(8-14)28-11-27-17/h2-10,12H,11H2,1H3,(H2,23,24)(H,25,26)/t12-/m0/s1. The zero-order valence-corrected chi connectivity index (χ0v) is 16.3. The minimum atomic E-state index is -0.333. The molecule has 1 amide bonds. The number of hydrogen-bond acceptors (Lipinski definition) is 6. The highest BCUT2D eigenvalue weighted by Crippen LogP contribution is 2.33. The molecule has 1 atom stereocenters. The molecule has 1 aromatic heterocycles. The summed E-state index contributed by atoms with van der Waals surface area (Å²) < 4.78 is 16.5. The van der Waals surface area contributed by atoms with Gasteiger partial charge in [0.1, 0.15) is 6.10 Å². The van der Waals surface area contributed by atoms with Crippen LogP contribution in [-0.2, 0) is 0 Å². The Hall–Kier alpha value is -3.45. The molecule has 148 valence electrons. The SMILES string of the molecule is C[C@H](Oc1cc(Cl)cnc1N)c1cccc(NC(=O)c2ccc3c(c2)OCO3)c1. The molecule has 0 saturated heterocycles. The van der Waals surface area contributed by atoms with Gasteiger partial charge in [-0.05, 0) is 42.8 Å². The van der Waals surface area contributed by atoms with Gasteiger partial charge in [0.25, 0.3) is 5.91 Å². The summed E-state index contributed by atoms with van der Waals surface area (Å²) in [6.45, 7) is 2.03. The highest BCUT2D eigenvalue weighted by Gasteiger charge is 2.17. The third kappa shape index (κ3) is 4.20. The Kier molecular flexibility index (Phi) is 5.14. The molecule has 1 aliphatic rings. The van der Waals surface area contributed by atoms with Crippen LogP contribution in [0.1, 0.15) is 28.9 Å². The molecule has 1 aliphatic heterocycles. The summed E-state index contributed by atoms with van der Waals surface area (Å²) in [6.07, 6.45) is 1.13. The van der Waals surface area contributed by atoms with Crippen LogP contribution in [0.2, 0.25) is 5.02 Å². The second-order valence-electron chi connectivity index (χ2n) is 6.44. The van der Waals surface area contributed by atoms with Gasteiger partial charge >= 0.3 is 0 Å². The number of nitrogen functional groups attached to an aromatic ring is 1. The lowest BCUT2D eigenvalue weighted by atomic mass is 10.1. The first-order valence-electron chi connectivity index (χ1n) is 8.88. The van der Waals surface area contributed by atoms with Crippen molar-refractivity contribution in [1.29, 1.82) is 0 Å². The summed E-state index contributed by atoms with van der Waals surface area (Å²) in [7, 11) is 0. The molecule has 0 aliphatic carbocycles. The normalized spacial score (nSPS) is 13.0. The second-order valence-corrected chi connectivity index (χ2v) is 6.88. The molecular weight excluding hydrogens is 394 g/mol. The van der Waals surface area contributed by atoms with E-state index in [0.717, 1.165) is 5.56 Å². The smallest absolute Gasteiger partial charge is 0.255 e. The maximum atomic E-state index is 12.6. The van der Waals surface area contributed by atoms with Gasteiger partial charge in [-0.25, -0.2) is 4.98 Å². The predicted octanol–water partition coefficient (Wildman–Crippen LogP) is 4.44. The highest BCUT2D eigenvalue weighted by atomic mass is 35.5. The average molecular weight is 412 g/mol. The zero-order chi connectivity index (χ0) is 20.4. The molecule has 2 heterocycles. The molecule has 3 N–H and O–H groups in total. The number of nitrogens with two attached hydrogens (primary N) is 1. The third-order valence-corrected chi connectivity index (χ3v) is 4.61. The molecule has 7 nitrogen and oxygen atoms in total. The maximum absolute atomic E-state index is 12.6. The Morgan fingerprint density at radius 1 is 1.21 bits per heavy atom. The molecule has 0 fully saturated rings. The fourth-order valence-corrected chi connectivity index (χ4v) is 3.04. The highest BCUT2D eigenvalue weighted by molar-refractivity contribution is 6.30. The summed E-state index contributed by atoms with van der Waals surface area (Å²) >= 11 is 5.96. The zero-order valence-electron chi connectivity index (χ0n) is 15.5. The molecule has 0 bridgehead atoms. The number of halogens is 1. The van der Waals surface area contributed by atoms with E-state index in [2.05, 4.69) is 10.3 Å². The number of carbonyl (C=O) groups is 1. The monoisotopic (exact) mass is 411 g/mol. The number of hydrogen-bond donors (Lipinski definition) is 2. The summed E-state index contributed by atoms with van der Waals surface area (Å²) in [5.41, 5.74) is 7.81. The number of ether oxygens (including phenoxy) is 3. The van der Waals surface area contributed by atoms with Crippen LogP contribution in [0.3, 0.4) is 0 Å². The van der Waals surface area contributed by atoms with Crippen molar-refractivity contribution in [1.82, 2.24) is 4.98 Å². The van der Waals surface area contributed by atoms with Crippen LogP contribution >= 0.6 is 11.6 Å². The molecule has 29 heavy (non-hydrogen) atoms. The Balaban J connectivity index is 1.48. The van der Waals surface area contributed by atoms with Gasteiger partial charge in [0, 0.05) is 23.5 Å². The van der Waals surface area contributed by atoms with Crippen molar-refractivity contribution < 1.29 is 19.0 Å². The molecule has 0 unspecified atom stereocenters. The van der Waals surface area contributed by atoms with E-state index < -0.39 is 0 Å². The largest absolute Gasteiger partial charge is 0.482 e. The topological polar surface area (TPSA) is 95.7 Å². The van der Waals surface area contributed by atoms with Crippen molar-refractivity contribution in [3.8, 4) is 17.2 Å². The molecule has 2 aromatic carbocycles. The quantitative estimate of drug-likeness (QED) is 0.644. The number of carbonyl (C=O) groups excluding carboxylic acids is 1. The third-order valence-electron chi connectivity index (χ3n) is 4.40.